The molecule has 1 N–H and O–H groups in total. The zero-order chi connectivity index (χ0) is 25.5. The normalized spacial score (nSPS) is 18.3. The average Bonchev–Trinajstić information content (AvgIpc) is 3.23. The van der Waals surface area contributed by atoms with Crippen LogP contribution in [-0.4, -0.2) is 33.5 Å². The largest absolute Gasteiger partial charge is 0.491 e. The maximum atomic E-state index is 13.9. The number of thioether (sulfide) groups is 1. The van der Waals surface area contributed by atoms with Crippen molar-refractivity contribution in [3.63, 3.8) is 0 Å². The van der Waals surface area contributed by atoms with E-state index in [0.717, 1.165) is 16.8 Å². The highest BCUT2D eigenvalue weighted by molar-refractivity contribution is 7.98. The van der Waals surface area contributed by atoms with Crippen molar-refractivity contribution in [2.45, 2.75) is 35.9 Å². The Morgan fingerprint density at radius 3 is 2.61 bits per heavy atom. The van der Waals surface area contributed by atoms with E-state index in [1.54, 1.807) is 13.3 Å². The second-order valence-electron chi connectivity index (χ2n) is 7.89. The molecule has 188 valence electrons. The number of imidazole rings is 1. The predicted octanol–water partition coefficient (Wildman–Crippen LogP) is 6.37. The number of hydrogen-bond acceptors (Lipinski definition) is 7. The second kappa shape index (κ2) is 9.29. The minimum Gasteiger partial charge on any atom is -0.491 e. The Kier molecular flexibility index (Phi) is 6.29. The molecule has 0 radical (unpaired) electrons. The lowest BCUT2D eigenvalue weighted by atomic mass is 10.2. The summed E-state index contributed by atoms with van der Waals surface area (Å²) in [4.78, 5) is 11.9. The van der Waals surface area contributed by atoms with E-state index in [1.807, 2.05) is 37.3 Å². The zero-order valence-corrected chi connectivity index (χ0v) is 20.6. The predicted molar refractivity (Wildman–Crippen MR) is 128 cm³/mol. The minimum absolute atomic E-state index is 0.276. The van der Waals surface area contributed by atoms with Crippen molar-refractivity contribution < 1.29 is 32.1 Å². The molecule has 7 nitrogen and oxygen atoms in total. The fourth-order valence-electron chi connectivity index (χ4n) is 3.56. The molecule has 1 aliphatic heterocycles. The van der Waals surface area contributed by atoms with Crippen molar-refractivity contribution in [3.8, 4) is 23.0 Å². The molecule has 4 aromatic rings. The molecule has 2 aromatic carbocycles. The Balaban J connectivity index is 1.35. The summed E-state index contributed by atoms with van der Waals surface area (Å²) < 4.78 is 61.9. The van der Waals surface area contributed by atoms with E-state index in [4.69, 9.17) is 21.1 Å². The number of benzene rings is 2. The SMILES string of the molecule is COc1cnc(CSc2nc3cc4c(cc3[nH]2)OC(F)(F)C(F)(Cl)O4)c(C)c1OCc1ccccc1. The number of aromatic amines is 1. The first-order valence-electron chi connectivity index (χ1n) is 10.7. The van der Waals surface area contributed by atoms with Crippen molar-refractivity contribution in [1.82, 2.24) is 15.0 Å². The van der Waals surface area contributed by atoms with Crippen molar-refractivity contribution in [1.29, 1.82) is 0 Å². The third-order valence-corrected chi connectivity index (χ3v) is 6.65. The summed E-state index contributed by atoms with van der Waals surface area (Å²) in [7, 11) is 1.55. The van der Waals surface area contributed by atoms with E-state index >= 15 is 0 Å². The highest BCUT2D eigenvalue weighted by atomic mass is 35.5. The van der Waals surface area contributed by atoms with Gasteiger partial charge in [0.2, 0.25) is 0 Å². The van der Waals surface area contributed by atoms with Crippen LogP contribution in [-0.2, 0) is 12.4 Å². The fourth-order valence-corrected chi connectivity index (χ4v) is 4.59. The Hall–Kier alpha value is -3.31. The van der Waals surface area contributed by atoms with Crippen LogP contribution in [0.2, 0.25) is 0 Å². The summed E-state index contributed by atoms with van der Waals surface area (Å²) in [5.41, 5.74) is 3.35. The van der Waals surface area contributed by atoms with Gasteiger partial charge in [0.15, 0.2) is 28.2 Å². The summed E-state index contributed by atoms with van der Waals surface area (Å²) in [6.45, 7) is 2.26. The molecule has 0 bridgehead atoms. The van der Waals surface area contributed by atoms with Gasteiger partial charge in [-0.05, 0) is 24.1 Å². The van der Waals surface area contributed by atoms with Crippen LogP contribution in [0.25, 0.3) is 11.0 Å². The summed E-state index contributed by atoms with van der Waals surface area (Å²) in [5, 5.41) is -3.33. The quantitative estimate of drug-likeness (QED) is 0.217. The standard InChI is InChI=1S/C24H19ClF3N3O4S/c1-13-17(29-10-20(32-2)21(13)33-11-14-6-4-3-5-7-14)12-36-22-30-15-8-18-19(9-16(15)31-22)35-24(27,28)23(25,26)34-18/h3-10H,11-12H2,1-2H3,(H,30,31). The Morgan fingerprint density at radius 1 is 1.11 bits per heavy atom. The number of rotatable bonds is 7. The molecule has 0 aliphatic carbocycles. The van der Waals surface area contributed by atoms with Gasteiger partial charge < -0.3 is 23.9 Å². The van der Waals surface area contributed by atoms with E-state index in [2.05, 4.69) is 24.4 Å². The first-order chi connectivity index (χ1) is 17.2. The van der Waals surface area contributed by atoms with E-state index in [0.29, 0.717) is 40.0 Å². The molecular formula is C24H19ClF3N3O4S. The van der Waals surface area contributed by atoms with E-state index in [-0.39, 0.29) is 11.5 Å². The molecular weight excluding hydrogens is 519 g/mol. The number of nitrogens with zero attached hydrogens (tertiary/aromatic N) is 2. The molecule has 2 aromatic heterocycles. The number of ether oxygens (including phenoxy) is 4. The summed E-state index contributed by atoms with van der Waals surface area (Å²) in [5.74, 6) is 0.912. The third-order valence-electron chi connectivity index (χ3n) is 5.47. The fraction of sp³-hybridized carbons (Fsp3) is 0.250. The number of halogens is 4. The number of methoxy groups -OCH3 is 1. The van der Waals surface area contributed by atoms with Gasteiger partial charge in [-0.15, -0.1) is 0 Å². The number of nitrogens with one attached hydrogen (secondary N) is 1. The number of pyridine rings is 1. The molecule has 36 heavy (non-hydrogen) atoms. The molecule has 0 fully saturated rings. The van der Waals surface area contributed by atoms with Crippen LogP contribution in [0.4, 0.5) is 13.2 Å². The Labute approximate surface area is 212 Å². The first kappa shape index (κ1) is 24.4. The van der Waals surface area contributed by atoms with Gasteiger partial charge in [0.1, 0.15) is 6.61 Å². The van der Waals surface area contributed by atoms with E-state index in [9.17, 15) is 13.2 Å². The Bertz CT molecular complexity index is 1370. The molecule has 1 aliphatic rings. The van der Waals surface area contributed by atoms with Gasteiger partial charge in [0, 0.05) is 23.4 Å². The van der Waals surface area contributed by atoms with Crippen LogP contribution in [0.3, 0.4) is 0 Å². The van der Waals surface area contributed by atoms with Gasteiger partial charge in [-0.25, -0.2) is 4.98 Å². The van der Waals surface area contributed by atoms with Gasteiger partial charge in [-0.2, -0.15) is 13.2 Å². The highest BCUT2D eigenvalue weighted by Gasteiger charge is 2.63. The molecule has 12 heteroatoms. The van der Waals surface area contributed by atoms with Gasteiger partial charge in [-0.3, -0.25) is 4.98 Å². The lowest BCUT2D eigenvalue weighted by Crippen LogP contribution is -2.51. The molecule has 3 heterocycles. The molecule has 0 amide bonds. The first-order valence-corrected chi connectivity index (χ1v) is 12.0. The van der Waals surface area contributed by atoms with Crippen LogP contribution in [0.1, 0.15) is 16.8 Å². The van der Waals surface area contributed by atoms with Crippen molar-refractivity contribution in [2.24, 2.45) is 0 Å². The minimum atomic E-state index is -4.36. The van der Waals surface area contributed by atoms with Crippen molar-refractivity contribution >= 4 is 34.4 Å². The van der Waals surface area contributed by atoms with Gasteiger partial charge >= 0.3 is 11.4 Å². The smallest absolute Gasteiger partial charge is 0.488 e. The maximum Gasteiger partial charge on any atom is 0.488 e. The van der Waals surface area contributed by atoms with Gasteiger partial charge in [0.05, 0.1) is 30.0 Å². The monoisotopic (exact) mass is 537 g/mol. The van der Waals surface area contributed by atoms with E-state index in [1.165, 1.54) is 23.9 Å². The van der Waals surface area contributed by atoms with Crippen molar-refractivity contribution in [3.05, 3.63) is 65.5 Å². The third kappa shape index (κ3) is 4.60. The Morgan fingerprint density at radius 2 is 1.86 bits per heavy atom. The summed E-state index contributed by atoms with van der Waals surface area (Å²) in [6.07, 6.45) is -2.76. The average molecular weight is 538 g/mol. The maximum absolute atomic E-state index is 13.9. The lowest BCUT2D eigenvalue weighted by Gasteiger charge is -2.33. The molecule has 0 saturated heterocycles. The molecule has 0 spiro atoms. The zero-order valence-electron chi connectivity index (χ0n) is 19.0. The molecule has 5 rings (SSSR count). The number of hydrogen-bond donors (Lipinski definition) is 1. The van der Waals surface area contributed by atoms with Gasteiger partial charge in [0.25, 0.3) is 0 Å². The van der Waals surface area contributed by atoms with Crippen LogP contribution >= 0.6 is 23.4 Å². The number of aromatic nitrogens is 3. The summed E-state index contributed by atoms with van der Waals surface area (Å²) in [6, 6.07) is 12.3. The number of H-pyrrole nitrogens is 1. The molecule has 0 saturated carbocycles. The molecule has 1 unspecified atom stereocenters. The number of alkyl halides is 4. The second-order valence-corrected chi connectivity index (χ2v) is 9.34. The lowest BCUT2D eigenvalue weighted by molar-refractivity contribution is -0.303. The van der Waals surface area contributed by atoms with E-state index < -0.39 is 11.4 Å². The summed E-state index contributed by atoms with van der Waals surface area (Å²) >= 11 is 6.49. The topological polar surface area (TPSA) is 78.5 Å². The van der Waals surface area contributed by atoms with Crippen molar-refractivity contribution in [2.75, 3.05) is 7.11 Å². The molecule has 1 atom stereocenters. The van der Waals surface area contributed by atoms with Crippen LogP contribution in [0.15, 0.2) is 53.8 Å². The van der Waals surface area contributed by atoms with Crippen LogP contribution in [0.5, 0.6) is 23.0 Å². The van der Waals surface area contributed by atoms with Gasteiger partial charge in [-0.1, -0.05) is 42.1 Å². The van der Waals surface area contributed by atoms with Crippen LogP contribution in [0, 0.1) is 6.92 Å². The number of fused-ring (bicyclic) bond motifs is 2. The highest BCUT2D eigenvalue weighted by Crippen LogP contribution is 2.49. The van der Waals surface area contributed by atoms with Crippen LogP contribution < -0.4 is 18.9 Å².